The molecule has 0 saturated carbocycles. The second kappa shape index (κ2) is 4.35. The van der Waals surface area contributed by atoms with Crippen LogP contribution >= 0.6 is 0 Å². The summed E-state index contributed by atoms with van der Waals surface area (Å²) in [5, 5.41) is 8.11. The average Bonchev–Trinajstić information content (AvgIpc) is 2.51. The van der Waals surface area contributed by atoms with E-state index in [0.717, 1.165) is 13.1 Å². The fraction of sp³-hybridized carbons (Fsp3) is 0.750. The van der Waals surface area contributed by atoms with Gasteiger partial charge in [-0.05, 0) is 58.7 Å². The Bertz CT molecular complexity index is 333. The SMILES string of the molecule is Cc1nn(C2CCCNCC2)c(C)c1C. The van der Waals surface area contributed by atoms with Crippen molar-refractivity contribution in [3.05, 3.63) is 17.0 Å². The van der Waals surface area contributed by atoms with E-state index in [2.05, 4.69) is 35.9 Å². The number of nitrogens with one attached hydrogen (secondary N) is 1. The second-order valence-corrected chi connectivity index (χ2v) is 4.58. The molecule has 2 rings (SSSR count). The Labute approximate surface area is 91.9 Å². The van der Waals surface area contributed by atoms with E-state index in [1.807, 2.05) is 0 Å². The van der Waals surface area contributed by atoms with Crippen LogP contribution in [0, 0.1) is 20.8 Å². The Balaban J connectivity index is 2.23. The molecule has 84 valence electrons. The lowest BCUT2D eigenvalue weighted by atomic mass is 10.1. The fourth-order valence-corrected chi connectivity index (χ4v) is 2.35. The lowest BCUT2D eigenvalue weighted by Gasteiger charge is -2.16. The van der Waals surface area contributed by atoms with Crippen LogP contribution in [0.3, 0.4) is 0 Å². The number of hydrogen-bond donors (Lipinski definition) is 1. The van der Waals surface area contributed by atoms with Crippen molar-refractivity contribution < 1.29 is 0 Å². The van der Waals surface area contributed by atoms with Gasteiger partial charge in [0.25, 0.3) is 0 Å². The molecule has 1 N–H and O–H groups in total. The summed E-state index contributed by atoms with van der Waals surface area (Å²) in [4.78, 5) is 0. The number of nitrogens with zero attached hydrogens (tertiary/aromatic N) is 2. The average molecular weight is 207 g/mol. The lowest BCUT2D eigenvalue weighted by Crippen LogP contribution is -2.16. The zero-order valence-electron chi connectivity index (χ0n) is 10.0. The van der Waals surface area contributed by atoms with Crippen LogP contribution in [0.25, 0.3) is 0 Å². The molecule has 0 bridgehead atoms. The van der Waals surface area contributed by atoms with Gasteiger partial charge in [-0.1, -0.05) is 0 Å². The Morgan fingerprint density at radius 2 is 2.00 bits per heavy atom. The first kappa shape index (κ1) is 10.7. The molecule has 0 spiro atoms. The van der Waals surface area contributed by atoms with Crippen molar-refractivity contribution in [3.8, 4) is 0 Å². The van der Waals surface area contributed by atoms with E-state index in [9.17, 15) is 0 Å². The van der Waals surface area contributed by atoms with Crippen molar-refractivity contribution in [2.24, 2.45) is 0 Å². The van der Waals surface area contributed by atoms with E-state index in [1.165, 1.54) is 36.2 Å². The predicted molar refractivity (Wildman–Crippen MR) is 62.2 cm³/mol. The van der Waals surface area contributed by atoms with Crippen molar-refractivity contribution in [3.63, 3.8) is 0 Å². The normalized spacial score (nSPS) is 22.7. The van der Waals surface area contributed by atoms with Gasteiger partial charge >= 0.3 is 0 Å². The monoisotopic (exact) mass is 207 g/mol. The number of aromatic nitrogens is 2. The van der Waals surface area contributed by atoms with Crippen molar-refractivity contribution in [1.82, 2.24) is 15.1 Å². The molecule has 1 saturated heterocycles. The summed E-state index contributed by atoms with van der Waals surface area (Å²) < 4.78 is 2.25. The molecular formula is C12H21N3. The number of rotatable bonds is 1. The van der Waals surface area contributed by atoms with Gasteiger partial charge < -0.3 is 5.32 Å². The molecule has 0 aromatic carbocycles. The van der Waals surface area contributed by atoms with Gasteiger partial charge in [0.05, 0.1) is 11.7 Å². The third-order valence-corrected chi connectivity index (χ3v) is 3.58. The van der Waals surface area contributed by atoms with Crippen molar-refractivity contribution >= 4 is 0 Å². The predicted octanol–water partition coefficient (Wildman–Crippen LogP) is 2.12. The highest BCUT2D eigenvalue weighted by molar-refractivity contribution is 5.22. The first-order chi connectivity index (χ1) is 7.20. The third-order valence-electron chi connectivity index (χ3n) is 3.58. The maximum atomic E-state index is 4.66. The van der Waals surface area contributed by atoms with Crippen molar-refractivity contribution in [1.29, 1.82) is 0 Å². The lowest BCUT2D eigenvalue weighted by molar-refractivity contribution is 0.405. The van der Waals surface area contributed by atoms with E-state index in [4.69, 9.17) is 0 Å². The van der Waals surface area contributed by atoms with Gasteiger partial charge in [-0.25, -0.2) is 0 Å². The van der Waals surface area contributed by atoms with Gasteiger partial charge in [-0.15, -0.1) is 0 Å². The number of aryl methyl sites for hydroxylation is 1. The van der Waals surface area contributed by atoms with Gasteiger partial charge in [-0.2, -0.15) is 5.10 Å². The summed E-state index contributed by atoms with van der Waals surface area (Å²) in [7, 11) is 0. The minimum absolute atomic E-state index is 0.604. The molecule has 1 aliphatic rings. The molecule has 1 aromatic rings. The molecule has 1 aromatic heterocycles. The van der Waals surface area contributed by atoms with Crippen LogP contribution in [0.15, 0.2) is 0 Å². The minimum atomic E-state index is 0.604. The molecule has 1 fully saturated rings. The Morgan fingerprint density at radius 3 is 2.67 bits per heavy atom. The summed E-state index contributed by atoms with van der Waals surface area (Å²) >= 11 is 0. The first-order valence-corrected chi connectivity index (χ1v) is 5.93. The smallest absolute Gasteiger partial charge is 0.0625 e. The van der Waals surface area contributed by atoms with Crippen LogP contribution < -0.4 is 5.32 Å². The van der Waals surface area contributed by atoms with Crippen LogP contribution in [-0.4, -0.2) is 22.9 Å². The molecule has 0 radical (unpaired) electrons. The quantitative estimate of drug-likeness (QED) is 0.764. The van der Waals surface area contributed by atoms with Gasteiger partial charge in [0.2, 0.25) is 0 Å². The first-order valence-electron chi connectivity index (χ1n) is 5.93. The van der Waals surface area contributed by atoms with Crippen LogP contribution in [0.1, 0.15) is 42.3 Å². The van der Waals surface area contributed by atoms with Crippen LogP contribution in [-0.2, 0) is 0 Å². The van der Waals surface area contributed by atoms with E-state index in [1.54, 1.807) is 0 Å². The molecule has 3 heteroatoms. The highest BCUT2D eigenvalue weighted by atomic mass is 15.3. The minimum Gasteiger partial charge on any atom is -0.317 e. The van der Waals surface area contributed by atoms with Crippen LogP contribution in [0.4, 0.5) is 0 Å². The maximum absolute atomic E-state index is 4.66. The summed E-state index contributed by atoms with van der Waals surface area (Å²) in [6, 6.07) is 0.604. The molecule has 15 heavy (non-hydrogen) atoms. The van der Waals surface area contributed by atoms with Crippen molar-refractivity contribution in [2.45, 2.75) is 46.1 Å². The van der Waals surface area contributed by atoms with E-state index >= 15 is 0 Å². The van der Waals surface area contributed by atoms with Crippen LogP contribution in [0.2, 0.25) is 0 Å². The molecule has 0 aliphatic carbocycles. The molecule has 3 nitrogen and oxygen atoms in total. The summed E-state index contributed by atoms with van der Waals surface area (Å²) in [5.41, 5.74) is 3.89. The molecule has 0 amide bonds. The maximum Gasteiger partial charge on any atom is 0.0625 e. The molecule has 1 aliphatic heterocycles. The van der Waals surface area contributed by atoms with E-state index in [-0.39, 0.29) is 0 Å². The standard InChI is InChI=1S/C12H21N3/c1-9-10(2)14-15(11(9)3)12-5-4-7-13-8-6-12/h12-13H,4-8H2,1-3H3. The summed E-state index contributed by atoms with van der Waals surface area (Å²) in [6.45, 7) is 8.75. The third kappa shape index (κ3) is 2.07. The second-order valence-electron chi connectivity index (χ2n) is 4.58. The summed E-state index contributed by atoms with van der Waals surface area (Å²) in [6.07, 6.45) is 3.73. The fourth-order valence-electron chi connectivity index (χ4n) is 2.35. The van der Waals surface area contributed by atoms with E-state index < -0.39 is 0 Å². The molecule has 2 heterocycles. The molecular weight excluding hydrogens is 186 g/mol. The van der Waals surface area contributed by atoms with Gasteiger partial charge in [0.15, 0.2) is 0 Å². The zero-order valence-corrected chi connectivity index (χ0v) is 10.0. The molecule has 1 unspecified atom stereocenters. The van der Waals surface area contributed by atoms with Crippen LogP contribution in [0.5, 0.6) is 0 Å². The number of hydrogen-bond acceptors (Lipinski definition) is 2. The van der Waals surface area contributed by atoms with Gasteiger partial charge in [0.1, 0.15) is 0 Å². The van der Waals surface area contributed by atoms with E-state index in [0.29, 0.717) is 6.04 Å². The Hall–Kier alpha value is -0.830. The highest BCUT2D eigenvalue weighted by Crippen LogP contribution is 2.23. The molecule has 1 atom stereocenters. The topological polar surface area (TPSA) is 29.9 Å². The Morgan fingerprint density at radius 1 is 1.20 bits per heavy atom. The Kier molecular flexibility index (Phi) is 3.10. The van der Waals surface area contributed by atoms with Gasteiger partial charge in [0, 0.05) is 5.69 Å². The largest absolute Gasteiger partial charge is 0.317 e. The van der Waals surface area contributed by atoms with Gasteiger partial charge in [-0.3, -0.25) is 4.68 Å². The summed E-state index contributed by atoms with van der Waals surface area (Å²) in [5.74, 6) is 0. The van der Waals surface area contributed by atoms with Crippen molar-refractivity contribution in [2.75, 3.05) is 13.1 Å². The zero-order chi connectivity index (χ0) is 10.8. The highest BCUT2D eigenvalue weighted by Gasteiger charge is 2.18.